The lowest BCUT2D eigenvalue weighted by Crippen LogP contribution is -2.34. The fourth-order valence-electron chi connectivity index (χ4n) is 4.15. The Hall–Kier alpha value is -3.09. The van der Waals surface area contributed by atoms with Crippen molar-refractivity contribution in [3.63, 3.8) is 0 Å². The number of halogens is 1. The van der Waals surface area contributed by atoms with E-state index in [2.05, 4.69) is 26.2 Å². The van der Waals surface area contributed by atoms with E-state index in [1.807, 2.05) is 24.3 Å². The van der Waals surface area contributed by atoms with Crippen LogP contribution in [0.25, 0.3) is 0 Å². The third kappa shape index (κ3) is 12.8. The van der Waals surface area contributed by atoms with E-state index in [1.54, 1.807) is 24.3 Å². The number of nitrogens with one attached hydrogen (secondary N) is 3. The highest BCUT2D eigenvalue weighted by atomic mass is 35.5. The van der Waals surface area contributed by atoms with Crippen molar-refractivity contribution in [3.8, 4) is 11.5 Å². The summed E-state index contributed by atoms with van der Waals surface area (Å²) in [6.45, 7) is 7.62. The summed E-state index contributed by atoms with van der Waals surface area (Å²) in [5.74, 6) is 0.764. The summed E-state index contributed by atoms with van der Waals surface area (Å²) in [6.07, 6.45) is 4.55. The number of ether oxygens (including phenoxy) is 2. The monoisotopic (exact) mass is 601 g/mol. The molecule has 1 saturated heterocycles. The highest BCUT2D eigenvalue weighted by molar-refractivity contribution is 6.35. The van der Waals surface area contributed by atoms with E-state index in [0.29, 0.717) is 23.7 Å². The Balaban J connectivity index is 1.21. The normalized spacial score (nSPS) is 15.2. The molecule has 5 N–H and O–H groups in total. The first-order chi connectivity index (χ1) is 20.6. The fraction of sp³-hybridized carbons (Fsp3) is 0.533. The van der Waals surface area contributed by atoms with Crippen LogP contribution >= 0.6 is 11.6 Å². The number of unbranched alkanes of at least 4 members (excludes halogenated alkanes) is 1. The number of hydrogen-bond acceptors (Lipinski definition) is 10. The van der Waals surface area contributed by atoms with Crippen molar-refractivity contribution in [2.24, 2.45) is 16.0 Å². The number of rotatable bonds is 22. The minimum Gasteiger partial charge on any atom is -0.492 e. The van der Waals surface area contributed by atoms with Crippen LogP contribution in [0.4, 0.5) is 11.4 Å². The Morgan fingerprint density at radius 3 is 1.76 bits per heavy atom. The summed E-state index contributed by atoms with van der Waals surface area (Å²) < 4.78 is 11.4. The van der Waals surface area contributed by atoms with Gasteiger partial charge in [-0.3, -0.25) is 14.5 Å². The van der Waals surface area contributed by atoms with Crippen molar-refractivity contribution in [2.75, 3.05) is 65.6 Å². The molecule has 2 amide bonds. The molecule has 0 radical (unpaired) electrons. The molecular weight excluding hydrogens is 558 g/mol. The molecule has 42 heavy (non-hydrogen) atoms. The Kier molecular flexibility index (Phi) is 15.9. The molecule has 3 rings (SSSR count). The van der Waals surface area contributed by atoms with Crippen LogP contribution in [0, 0.1) is 0 Å². The SMILES string of the molecule is NCCCNCCCCNCCCNCCOc1ccc(N=Nc2ccc(OCCN3C(=O)CC(Cl)C3=O)cc2)cc1. The van der Waals surface area contributed by atoms with Gasteiger partial charge in [0, 0.05) is 6.54 Å². The molecular formula is C30H44ClN7O4. The number of imide groups is 1. The van der Waals surface area contributed by atoms with Gasteiger partial charge in [-0.15, -0.1) is 11.6 Å². The molecule has 1 fully saturated rings. The maximum Gasteiger partial charge on any atom is 0.247 e. The van der Waals surface area contributed by atoms with Gasteiger partial charge in [-0.25, -0.2) is 0 Å². The summed E-state index contributed by atoms with van der Waals surface area (Å²) in [6, 6.07) is 14.6. The Morgan fingerprint density at radius 1 is 0.738 bits per heavy atom. The van der Waals surface area contributed by atoms with Gasteiger partial charge in [0.05, 0.1) is 24.3 Å². The number of amides is 2. The van der Waals surface area contributed by atoms with Crippen LogP contribution in [0.3, 0.4) is 0 Å². The van der Waals surface area contributed by atoms with Crippen molar-refractivity contribution in [3.05, 3.63) is 48.5 Å². The number of likely N-dealkylation sites (tertiary alicyclic amines) is 1. The number of alkyl halides is 1. The van der Waals surface area contributed by atoms with Crippen LogP contribution in [0.1, 0.15) is 32.1 Å². The lowest BCUT2D eigenvalue weighted by molar-refractivity contribution is -0.138. The third-order valence-corrected chi connectivity index (χ3v) is 6.84. The third-order valence-electron chi connectivity index (χ3n) is 6.50. The van der Waals surface area contributed by atoms with Crippen molar-refractivity contribution in [1.82, 2.24) is 20.9 Å². The summed E-state index contributed by atoms with van der Waals surface area (Å²) >= 11 is 5.83. The van der Waals surface area contributed by atoms with Gasteiger partial charge in [-0.1, -0.05) is 0 Å². The standard InChI is InChI=1S/C30H44ClN7O4/c31-28-23-29(39)38(30(28)40)20-22-42-27-11-7-25(8-12-27)37-36-24-5-9-26(10-6-24)41-21-19-35-18-4-17-34-15-2-1-14-33-16-3-13-32/h5-12,28,33-35H,1-4,13-23,32H2. The van der Waals surface area contributed by atoms with E-state index in [0.717, 1.165) is 69.3 Å². The van der Waals surface area contributed by atoms with Gasteiger partial charge in [0.15, 0.2) is 0 Å². The number of carbonyl (C=O) groups is 2. The van der Waals surface area contributed by atoms with E-state index >= 15 is 0 Å². The van der Waals surface area contributed by atoms with Crippen LogP contribution in [0.5, 0.6) is 11.5 Å². The quantitative estimate of drug-likeness (QED) is 0.0695. The average molecular weight is 602 g/mol. The van der Waals surface area contributed by atoms with Crippen LogP contribution in [0.15, 0.2) is 58.8 Å². The van der Waals surface area contributed by atoms with Crippen molar-refractivity contribution in [2.45, 2.75) is 37.5 Å². The van der Waals surface area contributed by atoms with E-state index in [-0.39, 0.29) is 31.4 Å². The van der Waals surface area contributed by atoms with Crippen LogP contribution in [-0.2, 0) is 9.59 Å². The number of benzene rings is 2. The summed E-state index contributed by atoms with van der Waals surface area (Å²) in [4.78, 5) is 24.8. The van der Waals surface area contributed by atoms with Crippen LogP contribution in [-0.4, -0.2) is 87.7 Å². The van der Waals surface area contributed by atoms with Gasteiger partial charge in [-0.2, -0.15) is 10.2 Å². The second-order valence-electron chi connectivity index (χ2n) is 9.89. The van der Waals surface area contributed by atoms with Gasteiger partial charge in [-0.05, 0) is 113 Å². The number of nitrogens with two attached hydrogens (primary N) is 1. The predicted molar refractivity (Wildman–Crippen MR) is 165 cm³/mol. The zero-order valence-electron chi connectivity index (χ0n) is 24.2. The molecule has 0 aromatic heterocycles. The molecule has 1 atom stereocenters. The second kappa shape index (κ2) is 19.9. The first-order valence-electron chi connectivity index (χ1n) is 14.7. The molecule has 12 heteroatoms. The van der Waals surface area contributed by atoms with Gasteiger partial charge < -0.3 is 31.2 Å². The zero-order chi connectivity index (χ0) is 29.8. The van der Waals surface area contributed by atoms with Crippen molar-refractivity contribution in [1.29, 1.82) is 0 Å². The van der Waals surface area contributed by atoms with Gasteiger partial charge in [0.2, 0.25) is 11.8 Å². The van der Waals surface area contributed by atoms with Gasteiger partial charge >= 0.3 is 0 Å². The highest BCUT2D eigenvalue weighted by Crippen LogP contribution is 2.23. The van der Waals surface area contributed by atoms with Crippen molar-refractivity contribution >= 4 is 34.8 Å². The second-order valence-corrected chi connectivity index (χ2v) is 10.4. The maximum atomic E-state index is 11.8. The van der Waals surface area contributed by atoms with E-state index < -0.39 is 5.38 Å². The van der Waals surface area contributed by atoms with Crippen LogP contribution in [0.2, 0.25) is 0 Å². The molecule has 0 spiro atoms. The summed E-state index contributed by atoms with van der Waals surface area (Å²) in [7, 11) is 0. The number of azo groups is 1. The topological polar surface area (TPSA) is 143 Å². The molecule has 11 nitrogen and oxygen atoms in total. The first kappa shape index (κ1) is 33.4. The average Bonchev–Trinajstić information content (AvgIpc) is 3.25. The molecule has 0 saturated carbocycles. The number of carbonyl (C=O) groups excluding carboxylic acids is 2. The summed E-state index contributed by atoms with van der Waals surface area (Å²) in [5, 5.41) is 18.1. The lowest BCUT2D eigenvalue weighted by Gasteiger charge is -2.14. The zero-order valence-corrected chi connectivity index (χ0v) is 25.0. The number of nitrogens with zero attached hydrogens (tertiary/aromatic N) is 3. The molecule has 230 valence electrons. The largest absolute Gasteiger partial charge is 0.492 e. The van der Waals surface area contributed by atoms with E-state index in [4.69, 9.17) is 26.8 Å². The Labute approximate surface area is 253 Å². The number of hydrogen-bond donors (Lipinski definition) is 4. The molecule has 0 bridgehead atoms. The summed E-state index contributed by atoms with van der Waals surface area (Å²) in [5.41, 5.74) is 6.86. The smallest absolute Gasteiger partial charge is 0.247 e. The van der Waals surface area contributed by atoms with Gasteiger partial charge in [0.25, 0.3) is 0 Å². The molecule has 0 aliphatic carbocycles. The van der Waals surface area contributed by atoms with Gasteiger partial charge in [0.1, 0.15) is 30.1 Å². The van der Waals surface area contributed by atoms with Crippen molar-refractivity contribution < 1.29 is 19.1 Å². The molecule has 1 aliphatic heterocycles. The molecule has 2 aromatic carbocycles. The fourth-order valence-corrected chi connectivity index (χ4v) is 4.40. The molecule has 1 aliphatic rings. The predicted octanol–water partition coefficient (Wildman–Crippen LogP) is 3.51. The first-order valence-corrected chi connectivity index (χ1v) is 15.2. The molecule has 1 heterocycles. The Bertz CT molecular complexity index is 1090. The highest BCUT2D eigenvalue weighted by Gasteiger charge is 2.36. The molecule has 2 aromatic rings. The van der Waals surface area contributed by atoms with Crippen LogP contribution < -0.4 is 31.2 Å². The van der Waals surface area contributed by atoms with E-state index in [9.17, 15) is 9.59 Å². The minimum absolute atomic E-state index is 0.0437. The maximum absolute atomic E-state index is 11.8. The lowest BCUT2D eigenvalue weighted by atomic mass is 10.3. The van der Waals surface area contributed by atoms with E-state index in [1.165, 1.54) is 12.8 Å². The minimum atomic E-state index is -0.767. The Morgan fingerprint density at radius 2 is 1.24 bits per heavy atom. The molecule has 1 unspecified atom stereocenters.